The zero-order valence-corrected chi connectivity index (χ0v) is 5.87. The second-order valence-electron chi connectivity index (χ2n) is 3.38. The van der Waals surface area contributed by atoms with Gasteiger partial charge in [0.05, 0.1) is 5.41 Å². The number of carboxylic acids is 1. The zero-order valence-electron chi connectivity index (χ0n) is 5.87. The Morgan fingerprint density at radius 3 is 2.80 bits per heavy atom. The first-order valence-corrected chi connectivity index (χ1v) is 3.57. The van der Waals surface area contributed by atoms with Gasteiger partial charge in [0, 0.05) is 0 Å². The molecule has 0 aromatic carbocycles. The smallest absolute Gasteiger partial charge is 0.310 e. The number of rotatable bonds is 1. The molecule has 2 aliphatic carbocycles. The van der Waals surface area contributed by atoms with E-state index in [1.54, 1.807) is 0 Å². The summed E-state index contributed by atoms with van der Waals surface area (Å²) in [7, 11) is 0. The van der Waals surface area contributed by atoms with Crippen molar-refractivity contribution in [2.75, 3.05) is 0 Å². The van der Waals surface area contributed by atoms with Crippen molar-refractivity contribution in [3.05, 3.63) is 12.2 Å². The Morgan fingerprint density at radius 1 is 1.80 bits per heavy atom. The summed E-state index contributed by atoms with van der Waals surface area (Å²) in [6, 6.07) is 0. The number of carboxylic acid groups (broad SMARTS) is 1. The van der Waals surface area contributed by atoms with E-state index >= 15 is 0 Å². The van der Waals surface area contributed by atoms with Crippen LogP contribution < -0.4 is 0 Å². The summed E-state index contributed by atoms with van der Waals surface area (Å²) < 4.78 is 0. The van der Waals surface area contributed by atoms with Crippen molar-refractivity contribution in [1.82, 2.24) is 0 Å². The molecule has 0 bridgehead atoms. The molecule has 0 aromatic rings. The molecule has 2 heteroatoms. The van der Waals surface area contributed by atoms with Crippen molar-refractivity contribution < 1.29 is 9.90 Å². The lowest BCUT2D eigenvalue weighted by molar-refractivity contribution is -0.143. The van der Waals surface area contributed by atoms with E-state index in [2.05, 4.69) is 6.08 Å². The molecule has 10 heavy (non-hydrogen) atoms. The lowest BCUT2D eigenvalue weighted by atomic mass is 10.0. The molecule has 0 aliphatic heterocycles. The molecule has 0 radical (unpaired) electrons. The largest absolute Gasteiger partial charge is 0.481 e. The first-order valence-electron chi connectivity index (χ1n) is 3.57. The van der Waals surface area contributed by atoms with E-state index in [4.69, 9.17) is 5.11 Å². The van der Waals surface area contributed by atoms with Crippen LogP contribution in [-0.4, -0.2) is 11.1 Å². The first kappa shape index (κ1) is 5.96. The van der Waals surface area contributed by atoms with E-state index in [0.717, 1.165) is 6.42 Å². The molecular formula is C8H10O2. The van der Waals surface area contributed by atoms with Crippen molar-refractivity contribution in [2.45, 2.75) is 13.3 Å². The summed E-state index contributed by atoms with van der Waals surface area (Å²) in [4.78, 5) is 10.7. The molecule has 0 heterocycles. The number of aliphatic carboxylic acids is 1. The summed E-state index contributed by atoms with van der Waals surface area (Å²) in [5.41, 5.74) is -0.408. The molecule has 2 aliphatic rings. The van der Waals surface area contributed by atoms with Crippen LogP contribution in [-0.2, 0) is 4.79 Å². The predicted molar refractivity (Wildman–Crippen MR) is 36.5 cm³/mol. The maximum absolute atomic E-state index is 10.7. The molecule has 0 spiro atoms. The fourth-order valence-corrected chi connectivity index (χ4v) is 2.04. The minimum absolute atomic E-state index is 0.338. The Hall–Kier alpha value is -0.790. The van der Waals surface area contributed by atoms with Gasteiger partial charge in [0.15, 0.2) is 0 Å². The number of carbonyl (C=O) groups is 1. The zero-order chi connectivity index (χ0) is 7.35. The Balaban J connectivity index is 2.24. The van der Waals surface area contributed by atoms with E-state index in [9.17, 15) is 4.79 Å². The third-order valence-electron chi connectivity index (χ3n) is 2.98. The fraction of sp³-hybridized carbons (Fsp3) is 0.625. The van der Waals surface area contributed by atoms with Gasteiger partial charge >= 0.3 is 5.97 Å². The Morgan fingerprint density at radius 2 is 2.50 bits per heavy atom. The Kier molecular flexibility index (Phi) is 0.858. The normalized spacial score (nSPS) is 48.9. The average molecular weight is 138 g/mol. The average Bonchev–Trinajstić information content (AvgIpc) is 2.28. The summed E-state index contributed by atoms with van der Waals surface area (Å²) >= 11 is 0. The summed E-state index contributed by atoms with van der Waals surface area (Å²) in [6.07, 6.45) is 5.09. The highest BCUT2D eigenvalue weighted by atomic mass is 16.4. The SMILES string of the molecule is CC1(C(=O)O)C2C=CCC21. The second-order valence-corrected chi connectivity index (χ2v) is 3.38. The van der Waals surface area contributed by atoms with Gasteiger partial charge < -0.3 is 5.11 Å². The molecule has 0 saturated heterocycles. The lowest BCUT2D eigenvalue weighted by Crippen LogP contribution is -2.15. The third-order valence-corrected chi connectivity index (χ3v) is 2.98. The van der Waals surface area contributed by atoms with E-state index in [1.165, 1.54) is 0 Å². The topological polar surface area (TPSA) is 37.3 Å². The van der Waals surface area contributed by atoms with Crippen LogP contribution in [0.5, 0.6) is 0 Å². The van der Waals surface area contributed by atoms with Crippen LogP contribution in [0.25, 0.3) is 0 Å². The number of allylic oxidation sites excluding steroid dienone is 2. The molecule has 3 unspecified atom stereocenters. The maximum Gasteiger partial charge on any atom is 0.310 e. The molecule has 1 N–H and O–H groups in total. The monoisotopic (exact) mass is 138 g/mol. The minimum Gasteiger partial charge on any atom is -0.481 e. The Labute approximate surface area is 59.5 Å². The molecule has 0 amide bonds. The van der Waals surface area contributed by atoms with E-state index in [0.29, 0.717) is 11.8 Å². The molecular weight excluding hydrogens is 128 g/mol. The van der Waals surface area contributed by atoms with Gasteiger partial charge in [0.25, 0.3) is 0 Å². The van der Waals surface area contributed by atoms with Gasteiger partial charge in [-0.15, -0.1) is 0 Å². The highest BCUT2D eigenvalue weighted by Crippen LogP contribution is 2.64. The number of hydrogen-bond acceptors (Lipinski definition) is 1. The maximum atomic E-state index is 10.7. The van der Waals surface area contributed by atoms with Crippen molar-refractivity contribution >= 4 is 5.97 Å². The van der Waals surface area contributed by atoms with Crippen molar-refractivity contribution in [3.63, 3.8) is 0 Å². The minimum atomic E-state index is -0.633. The molecule has 0 aromatic heterocycles. The lowest BCUT2D eigenvalue weighted by Gasteiger charge is -2.04. The standard InChI is InChI=1S/C8H10O2/c1-8(7(9)10)5-3-2-4-6(5)8/h2-3,5-6H,4H2,1H3,(H,9,10). The second kappa shape index (κ2) is 1.44. The summed E-state index contributed by atoms with van der Waals surface area (Å²) in [6.45, 7) is 1.84. The van der Waals surface area contributed by atoms with Gasteiger partial charge in [0.1, 0.15) is 0 Å². The third kappa shape index (κ3) is 0.437. The van der Waals surface area contributed by atoms with Crippen molar-refractivity contribution in [2.24, 2.45) is 17.3 Å². The molecule has 2 rings (SSSR count). The highest BCUT2D eigenvalue weighted by Gasteiger charge is 2.66. The van der Waals surface area contributed by atoms with E-state index < -0.39 is 11.4 Å². The number of fused-ring (bicyclic) bond motifs is 1. The Bertz CT molecular complexity index is 219. The molecule has 2 nitrogen and oxygen atoms in total. The van der Waals surface area contributed by atoms with Crippen LogP contribution in [0.1, 0.15) is 13.3 Å². The van der Waals surface area contributed by atoms with Crippen LogP contribution in [0, 0.1) is 17.3 Å². The van der Waals surface area contributed by atoms with Crippen LogP contribution in [0.2, 0.25) is 0 Å². The fourth-order valence-electron chi connectivity index (χ4n) is 2.04. The van der Waals surface area contributed by atoms with Gasteiger partial charge in [-0.25, -0.2) is 0 Å². The van der Waals surface area contributed by atoms with Crippen LogP contribution >= 0.6 is 0 Å². The molecule has 3 atom stereocenters. The van der Waals surface area contributed by atoms with Crippen molar-refractivity contribution in [3.8, 4) is 0 Å². The van der Waals surface area contributed by atoms with Crippen LogP contribution in [0.4, 0.5) is 0 Å². The van der Waals surface area contributed by atoms with Gasteiger partial charge in [-0.3, -0.25) is 4.79 Å². The predicted octanol–water partition coefficient (Wildman–Crippen LogP) is 1.28. The molecule has 54 valence electrons. The molecule has 1 fully saturated rings. The van der Waals surface area contributed by atoms with E-state index in [-0.39, 0.29) is 0 Å². The van der Waals surface area contributed by atoms with Crippen LogP contribution in [0.3, 0.4) is 0 Å². The van der Waals surface area contributed by atoms with Crippen molar-refractivity contribution in [1.29, 1.82) is 0 Å². The summed E-state index contributed by atoms with van der Waals surface area (Å²) in [5.74, 6) is 0.113. The quantitative estimate of drug-likeness (QED) is 0.554. The van der Waals surface area contributed by atoms with E-state index in [1.807, 2.05) is 13.0 Å². The van der Waals surface area contributed by atoms with Gasteiger partial charge in [-0.1, -0.05) is 12.2 Å². The van der Waals surface area contributed by atoms with Gasteiger partial charge in [-0.05, 0) is 25.2 Å². The van der Waals surface area contributed by atoms with Gasteiger partial charge in [0.2, 0.25) is 0 Å². The number of hydrogen-bond donors (Lipinski definition) is 1. The summed E-state index contributed by atoms with van der Waals surface area (Å²) in [5, 5.41) is 8.78. The van der Waals surface area contributed by atoms with Crippen LogP contribution in [0.15, 0.2) is 12.2 Å². The van der Waals surface area contributed by atoms with Gasteiger partial charge in [-0.2, -0.15) is 0 Å². The highest BCUT2D eigenvalue weighted by molar-refractivity contribution is 5.80. The first-order chi connectivity index (χ1) is 4.67. The molecule has 1 saturated carbocycles.